The summed E-state index contributed by atoms with van der Waals surface area (Å²) in [7, 11) is 0. The number of nitrogens with one attached hydrogen (secondary N) is 1. The minimum Gasteiger partial charge on any atom is -0.397 e. The number of nitrogen functional groups attached to an aromatic ring is 1. The maximum absolute atomic E-state index is 12.5. The molecule has 1 aliphatic rings. The molecule has 1 aliphatic heterocycles. The average Bonchev–Trinajstić information content (AvgIpc) is 2.58. The Morgan fingerprint density at radius 2 is 2.00 bits per heavy atom. The van der Waals surface area contributed by atoms with Crippen LogP contribution in [-0.2, 0) is 4.74 Å². The number of morpholine rings is 1. The summed E-state index contributed by atoms with van der Waals surface area (Å²) < 4.78 is 5.37. The van der Waals surface area contributed by atoms with Gasteiger partial charge in [-0.15, -0.1) is 0 Å². The maximum atomic E-state index is 12.5. The molecule has 1 saturated heterocycles. The number of hydrogen-bond donors (Lipinski definition) is 2. The molecule has 0 radical (unpaired) electrons. The van der Waals surface area contributed by atoms with Gasteiger partial charge in [0.05, 0.1) is 35.3 Å². The van der Waals surface area contributed by atoms with Crippen LogP contribution in [0.4, 0.5) is 17.1 Å². The minimum atomic E-state index is -0.196. The molecule has 3 rings (SSSR count). The van der Waals surface area contributed by atoms with Gasteiger partial charge in [-0.2, -0.15) is 0 Å². The van der Waals surface area contributed by atoms with Crippen molar-refractivity contribution in [2.24, 2.45) is 0 Å². The number of amides is 1. The summed E-state index contributed by atoms with van der Waals surface area (Å²) in [6, 6.07) is 10.9. The normalized spacial score (nSPS) is 14.5. The molecule has 0 spiro atoms. The zero-order valence-electron chi connectivity index (χ0n) is 13.5. The number of nitrogens with two attached hydrogens (primary N) is 1. The van der Waals surface area contributed by atoms with E-state index >= 15 is 0 Å². The van der Waals surface area contributed by atoms with Gasteiger partial charge in [-0.1, -0.05) is 29.3 Å². The highest BCUT2D eigenvalue weighted by Gasteiger charge is 2.17. The molecule has 5 nitrogen and oxygen atoms in total. The zero-order chi connectivity index (χ0) is 17.1. The number of carbonyl (C=O) groups excluding carboxylic acids is 1. The van der Waals surface area contributed by atoms with Gasteiger partial charge in [0, 0.05) is 18.7 Å². The van der Waals surface area contributed by atoms with Gasteiger partial charge in [0.15, 0.2) is 0 Å². The Bertz CT molecular complexity index is 758. The number of nitrogens with zero attached hydrogens (tertiary/aromatic N) is 1. The zero-order valence-corrected chi connectivity index (χ0v) is 14.3. The van der Waals surface area contributed by atoms with Gasteiger partial charge in [-0.25, -0.2) is 0 Å². The van der Waals surface area contributed by atoms with E-state index in [1.165, 1.54) is 0 Å². The lowest BCUT2D eigenvalue weighted by Crippen LogP contribution is -2.36. The Balaban J connectivity index is 1.86. The number of hydrogen-bond acceptors (Lipinski definition) is 4. The van der Waals surface area contributed by atoms with E-state index in [0.717, 1.165) is 24.3 Å². The summed E-state index contributed by atoms with van der Waals surface area (Å²) in [5.41, 5.74) is 9.74. The highest BCUT2D eigenvalue weighted by molar-refractivity contribution is 6.34. The maximum Gasteiger partial charge on any atom is 0.255 e. The average molecular weight is 346 g/mol. The van der Waals surface area contributed by atoms with Gasteiger partial charge in [-0.05, 0) is 31.2 Å². The molecule has 24 heavy (non-hydrogen) atoms. The summed E-state index contributed by atoms with van der Waals surface area (Å²) in [4.78, 5) is 14.6. The quantitative estimate of drug-likeness (QED) is 0.837. The number of ether oxygens (including phenoxy) is 1. The molecule has 0 aliphatic carbocycles. The molecule has 0 bridgehead atoms. The number of halogens is 1. The molecular weight excluding hydrogens is 326 g/mol. The van der Waals surface area contributed by atoms with Gasteiger partial charge in [-0.3, -0.25) is 4.79 Å². The lowest BCUT2D eigenvalue weighted by Gasteiger charge is -2.30. The number of benzene rings is 2. The molecular formula is C18H20ClN3O2. The topological polar surface area (TPSA) is 67.6 Å². The van der Waals surface area contributed by atoms with E-state index in [1.807, 2.05) is 31.2 Å². The van der Waals surface area contributed by atoms with Gasteiger partial charge >= 0.3 is 0 Å². The monoisotopic (exact) mass is 345 g/mol. The summed E-state index contributed by atoms with van der Waals surface area (Å²) in [6.07, 6.45) is 0. The Hall–Kier alpha value is -2.24. The molecule has 0 atom stereocenters. The van der Waals surface area contributed by atoms with Crippen LogP contribution in [0, 0.1) is 6.92 Å². The van der Waals surface area contributed by atoms with E-state index < -0.39 is 0 Å². The summed E-state index contributed by atoms with van der Waals surface area (Å²) >= 11 is 6.27. The second kappa shape index (κ2) is 7.11. The van der Waals surface area contributed by atoms with Crippen molar-refractivity contribution in [2.45, 2.75) is 6.92 Å². The summed E-state index contributed by atoms with van der Waals surface area (Å²) in [5, 5.41) is 3.30. The second-order valence-corrected chi connectivity index (χ2v) is 6.22. The van der Waals surface area contributed by atoms with E-state index in [9.17, 15) is 4.79 Å². The van der Waals surface area contributed by atoms with E-state index in [1.54, 1.807) is 12.1 Å². The Kier molecular flexibility index (Phi) is 4.92. The van der Waals surface area contributed by atoms with Crippen LogP contribution in [0.2, 0.25) is 5.02 Å². The molecule has 1 fully saturated rings. The molecule has 2 aromatic carbocycles. The minimum absolute atomic E-state index is 0.196. The van der Waals surface area contributed by atoms with Crippen molar-refractivity contribution in [3.05, 3.63) is 52.5 Å². The first-order valence-corrected chi connectivity index (χ1v) is 8.22. The van der Waals surface area contributed by atoms with E-state index in [4.69, 9.17) is 22.1 Å². The second-order valence-electron chi connectivity index (χ2n) is 5.81. The van der Waals surface area contributed by atoms with Crippen LogP contribution in [0.3, 0.4) is 0 Å². The van der Waals surface area contributed by atoms with Gasteiger partial charge in [0.25, 0.3) is 5.91 Å². The molecule has 0 aromatic heterocycles. The van der Waals surface area contributed by atoms with Crippen LogP contribution in [0.15, 0.2) is 36.4 Å². The number of carbonyl (C=O) groups is 1. The van der Waals surface area contributed by atoms with Crippen molar-refractivity contribution in [3.8, 4) is 0 Å². The first kappa shape index (κ1) is 16.6. The lowest BCUT2D eigenvalue weighted by atomic mass is 10.1. The third-order valence-corrected chi connectivity index (χ3v) is 4.31. The fourth-order valence-corrected chi connectivity index (χ4v) is 2.95. The molecule has 1 amide bonds. The van der Waals surface area contributed by atoms with Crippen molar-refractivity contribution < 1.29 is 9.53 Å². The fourth-order valence-electron chi connectivity index (χ4n) is 2.73. The van der Waals surface area contributed by atoms with E-state index in [-0.39, 0.29) is 5.91 Å². The van der Waals surface area contributed by atoms with Gasteiger partial charge in [0.2, 0.25) is 0 Å². The highest BCUT2D eigenvalue weighted by atomic mass is 35.5. The predicted octanol–water partition coefficient (Wildman–Crippen LogP) is 3.32. The largest absolute Gasteiger partial charge is 0.397 e. The molecule has 126 valence electrons. The number of rotatable bonds is 3. The van der Waals surface area contributed by atoms with E-state index in [2.05, 4.69) is 10.2 Å². The van der Waals surface area contributed by atoms with Crippen molar-refractivity contribution in [3.63, 3.8) is 0 Å². The number of anilines is 3. The number of aryl methyl sites for hydroxylation is 1. The smallest absolute Gasteiger partial charge is 0.255 e. The molecule has 0 unspecified atom stereocenters. The van der Waals surface area contributed by atoms with Crippen LogP contribution in [0.25, 0.3) is 0 Å². The summed E-state index contributed by atoms with van der Waals surface area (Å²) in [5.74, 6) is -0.196. The van der Waals surface area contributed by atoms with Gasteiger partial charge < -0.3 is 20.7 Å². The third kappa shape index (κ3) is 3.63. The summed E-state index contributed by atoms with van der Waals surface area (Å²) in [6.45, 7) is 4.79. The Morgan fingerprint density at radius 1 is 1.25 bits per heavy atom. The third-order valence-electron chi connectivity index (χ3n) is 4.00. The van der Waals surface area contributed by atoms with E-state index in [0.29, 0.717) is 35.2 Å². The Morgan fingerprint density at radius 3 is 2.71 bits per heavy atom. The van der Waals surface area contributed by atoms with Crippen LogP contribution < -0.4 is 16.0 Å². The van der Waals surface area contributed by atoms with Crippen molar-refractivity contribution in [1.29, 1.82) is 0 Å². The molecule has 2 aromatic rings. The highest BCUT2D eigenvalue weighted by Crippen LogP contribution is 2.34. The van der Waals surface area contributed by atoms with Crippen molar-refractivity contribution in [1.82, 2.24) is 0 Å². The van der Waals surface area contributed by atoms with Crippen LogP contribution >= 0.6 is 11.6 Å². The van der Waals surface area contributed by atoms with Gasteiger partial charge in [0.1, 0.15) is 0 Å². The van der Waals surface area contributed by atoms with Crippen LogP contribution in [0.5, 0.6) is 0 Å². The van der Waals surface area contributed by atoms with Crippen LogP contribution in [-0.4, -0.2) is 32.2 Å². The molecule has 0 saturated carbocycles. The van der Waals surface area contributed by atoms with Crippen molar-refractivity contribution in [2.75, 3.05) is 42.3 Å². The molecule has 6 heteroatoms. The SMILES string of the molecule is Cc1cccc(C(=O)Nc2cc(N3CCOCC3)c(N)cc2Cl)c1. The molecule has 3 N–H and O–H groups in total. The Labute approximate surface area is 146 Å². The first-order chi connectivity index (χ1) is 11.5. The predicted molar refractivity (Wildman–Crippen MR) is 98.0 cm³/mol. The molecule has 1 heterocycles. The fraction of sp³-hybridized carbons (Fsp3) is 0.278. The van der Waals surface area contributed by atoms with Crippen molar-refractivity contribution >= 4 is 34.6 Å². The first-order valence-electron chi connectivity index (χ1n) is 7.84. The standard InChI is InChI=1S/C18H20ClN3O2/c1-12-3-2-4-13(9-12)18(23)21-16-11-17(15(20)10-14(16)19)22-5-7-24-8-6-22/h2-4,9-11H,5-8,20H2,1H3,(H,21,23). The van der Waals surface area contributed by atoms with Crippen LogP contribution in [0.1, 0.15) is 15.9 Å². The lowest BCUT2D eigenvalue weighted by molar-refractivity contribution is 0.102.